The van der Waals surface area contributed by atoms with Gasteiger partial charge >= 0.3 is 0 Å². The second-order valence-electron chi connectivity index (χ2n) is 9.47. The summed E-state index contributed by atoms with van der Waals surface area (Å²) in [6.07, 6.45) is 4.24. The van der Waals surface area contributed by atoms with E-state index in [4.69, 9.17) is 4.74 Å². The van der Waals surface area contributed by atoms with E-state index in [9.17, 15) is 19.2 Å². The van der Waals surface area contributed by atoms with E-state index in [0.29, 0.717) is 49.6 Å². The van der Waals surface area contributed by atoms with Gasteiger partial charge in [-0.1, -0.05) is 0 Å². The van der Waals surface area contributed by atoms with Crippen molar-refractivity contribution in [3.63, 3.8) is 0 Å². The standard InChI is InChI=1S/C27H34N4O5S/c1-36-21-7-5-19(6-8-21)23(32)9-10-25(34)31-16-11-20(12-17-31)27-29-22(18-37-27)26(35)28-13-3-15-30-14-2-4-24(30)33/h5-8,18,20H,2-4,9-17H2,1H3,(H,28,35). The van der Waals surface area contributed by atoms with E-state index in [1.807, 2.05) is 9.80 Å². The van der Waals surface area contributed by atoms with Crippen molar-refractivity contribution < 1.29 is 23.9 Å². The maximum atomic E-state index is 12.7. The van der Waals surface area contributed by atoms with Crippen molar-refractivity contribution in [2.75, 3.05) is 39.8 Å². The fourth-order valence-corrected chi connectivity index (χ4v) is 5.73. The summed E-state index contributed by atoms with van der Waals surface area (Å²) in [5.41, 5.74) is 1.01. The summed E-state index contributed by atoms with van der Waals surface area (Å²) in [6.45, 7) is 3.24. The summed E-state index contributed by atoms with van der Waals surface area (Å²) < 4.78 is 5.11. The number of piperidine rings is 1. The zero-order chi connectivity index (χ0) is 26.2. The molecule has 2 fully saturated rings. The van der Waals surface area contributed by atoms with E-state index in [1.165, 1.54) is 11.3 Å². The molecule has 1 N–H and O–H groups in total. The van der Waals surface area contributed by atoms with Crippen LogP contribution in [0.25, 0.3) is 0 Å². The second kappa shape index (κ2) is 12.8. The maximum Gasteiger partial charge on any atom is 0.270 e. The minimum atomic E-state index is -0.190. The normalized spacial score (nSPS) is 16.2. The quantitative estimate of drug-likeness (QED) is 0.356. The number of rotatable bonds is 11. The van der Waals surface area contributed by atoms with Crippen molar-refractivity contribution in [1.82, 2.24) is 20.1 Å². The number of ketones is 1. The summed E-state index contributed by atoms with van der Waals surface area (Å²) in [6, 6.07) is 6.92. The molecule has 2 aromatic rings. The Labute approximate surface area is 221 Å². The molecular weight excluding hydrogens is 492 g/mol. The van der Waals surface area contributed by atoms with Crippen LogP contribution in [-0.2, 0) is 9.59 Å². The number of ether oxygens (including phenoxy) is 1. The predicted octanol–water partition coefficient (Wildman–Crippen LogP) is 3.26. The molecule has 9 nitrogen and oxygen atoms in total. The van der Waals surface area contributed by atoms with Crippen LogP contribution in [0.1, 0.15) is 76.7 Å². The van der Waals surface area contributed by atoms with E-state index in [2.05, 4.69) is 10.3 Å². The lowest BCUT2D eigenvalue weighted by molar-refractivity contribution is -0.132. The fraction of sp³-hybridized carbons (Fsp3) is 0.519. The summed E-state index contributed by atoms with van der Waals surface area (Å²) in [5, 5.41) is 5.61. The number of carbonyl (C=O) groups excluding carboxylic acids is 4. The number of aromatic nitrogens is 1. The van der Waals surface area contributed by atoms with Gasteiger partial charge in [-0.3, -0.25) is 19.2 Å². The molecule has 10 heteroatoms. The monoisotopic (exact) mass is 526 g/mol. The summed E-state index contributed by atoms with van der Waals surface area (Å²) in [4.78, 5) is 57.4. The van der Waals surface area contributed by atoms with E-state index < -0.39 is 0 Å². The summed E-state index contributed by atoms with van der Waals surface area (Å²) in [5.74, 6) is 0.863. The number of carbonyl (C=O) groups is 4. The first-order valence-corrected chi connectivity index (χ1v) is 13.8. The molecule has 0 saturated carbocycles. The molecule has 0 radical (unpaired) electrons. The lowest BCUT2D eigenvalue weighted by atomic mass is 9.97. The van der Waals surface area contributed by atoms with Gasteiger partial charge in [0.25, 0.3) is 5.91 Å². The van der Waals surface area contributed by atoms with Gasteiger partial charge in [0.1, 0.15) is 11.4 Å². The molecule has 2 aliphatic rings. The van der Waals surface area contributed by atoms with Gasteiger partial charge in [-0.2, -0.15) is 0 Å². The van der Waals surface area contributed by atoms with Crippen LogP contribution >= 0.6 is 11.3 Å². The molecule has 0 atom stereocenters. The number of amides is 3. The smallest absolute Gasteiger partial charge is 0.270 e. The first kappa shape index (κ1) is 26.8. The minimum Gasteiger partial charge on any atom is -0.497 e. The van der Waals surface area contributed by atoms with Crippen LogP contribution in [0, 0.1) is 0 Å². The number of hydrogen-bond donors (Lipinski definition) is 1. The van der Waals surface area contributed by atoms with Crippen molar-refractivity contribution in [3.8, 4) is 5.75 Å². The molecule has 3 amide bonds. The highest BCUT2D eigenvalue weighted by Gasteiger charge is 2.27. The van der Waals surface area contributed by atoms with Crippen molar-refractivity contribution >= 4 is 34.8 Å². The molecule has 1 aromatic heterocycles. The number of benzene rings is 1. The number of methoxy groups -OCH3 is 1. The molecular formula is C27H34N4O5S. The van der Waals surface area contributed by atoms with Crippen LogP contribution < -0.4 is 10.1 Å². The Bertz CT molecular complexity index is 1110. The SMILES string of the molecule is COc1ccc(C(=O)CCC(=O)N2CCC(c3nc(C(=O)NCCCN4CCCC4=O)cs3)CC2)cc1. The number of nitrogens with zero attached hydrogens (tertiary/aromatic N) is 3. The van der Waals surface area contributed by atoms with Crippen molar-refractivity contribution in [3.05, 3.63) is 45.9 Å². The summed E-state index contributed by atoms with van der Waals surface area (Å²) in [7, 11) is 1.58. The van der Waals surface area contributed by atoms with Crippen LogP contribution in [0.5, 0.6) is 5.75 Å². The fourth-order valence-electron chi connectivity index (χ4n) is 4.76. The van der Waals surface area contributed by atoms with Gasteiger partial charge in [0.05, 0.1) is 12.1 Å². The molecule has 37 heavy (non-hydrogen) atoms. The molecule has 0 bridgehead atoms. The third-order valence-electron chi connectivity index (χ3n) is 6.99. The number of Topliss-reactive ketones (excluding diaryl/α,β-unsaturated/α-hetero) is 1. The Morgan fingerprint density at radius 2 is 1.86 bits per heavy atom. The molecule has 1 aromatic carbocycles. The lowest BCUT2D eigenvalue weighted by Gasteiger charge is -2.31. The Morgan fingerprint density at radius 3 is 2.54 bits per heavy atom. The topological polar surface area (TPSA) is 109 Å². The number of likely N-dealkylation sites (tertiary alicyclic amines) is 2. The minimum absolute atomic E-state index is 0.00449. The maximum absolute atomic E-state index is 12.7. The van der Waals surface area contributed by atoms with Crippen molar-refractivity contribution in [1.29, 1.82) is 0 Å². The predicted molar refractivity (Wildman–Crippen MR) is 140 cm³/mol. The molecule has 0 spiro atoms. The molecule has 0 unspecified atom stereocenters. The van der Waals surface area contributed by atoms with Crippen LogP contribution in [-0.4, -0.2) is 78.1 Å². The van der Waals surface area contributed by atoms with E-state index in [1.54, 1.807) is 36.8 Å². The van der Waals surface area contributed by atoms with Gasteiger partial charge in [0.2, 0.25) is 11.8 Å². The third-order valence-corrected chi connectivity index (χ3v) is 8.00. The Morgan fingerprint density at radius 1 is 1.11 bits per heavy atom. The van der Waals surface area contributed by atoms with Crippen molar-refractivity contribution in [2.24, 2.45) is 0 Å². The van der Waals surface area contributed by atoms with Gasteiger partial charge in [-0.05, 0) is 49.9 Å². The van der Waals surface area contributed by atoms with Gasteiger partial charge < -0.3 is 19.9 Å². The van der Waals surface area contributed by atoms with Crippen molar-refractivity contribution in [2.45, 2.75) is 50.9 Å². The Balaban J connectivity index is 1.16. The average Bonchev–Trinajstić information content (AvgIpc) is 3.59. The van der Waals surface area contributed by atoms with Crippen LogP contribution in [0.3, 0.4) is 0 Å². The zero-order valence-electron chi connectivity index (χ0n) is 21.2. The van der Waals surface area contributed by atoms with Crippen LogP contribution in [0.2, 0.25) is 0 Å². The highest BCUT2D eigenvalue weighted by Crippen LogP contribution is 2.30. The Hall–Kier alpha value is -3.27. The van der Waals surface area contributed by atoms with Crippen LogP contribution in [0.15, 0.2) is 29.6 Å². The Kier molecular flexibility index (Phi) is 9.27. The molecule has 3 heterocycles. The average molecular weight is 527 g/mol. The number of hydrogen-bond acceptors (Lipinski definition) is 7. The first-order valence-electron chi connectivity index (χ1n) is 12.9. The molecule has 2 aliphatic heterocycles. The van der Waals surface area contributed by atoms with E-state index in [0.717, 1.165) is 37.2 Å². The highest BCUT2D eigenvalue weighted by molar-refractivity contribution is 7.09. The summed E-state index contributed by atoms with van der Waals surface area (Å²) >= 11 is 1.49. The van der Waals surface area contributed by atoms with E-state index in [-0.39, 0.29) is 42.3 Å². The van der Waals surface area contributed by atoms with Gasteiger partial charge in [-0.25, -0.2) is 4.98 Å². The third kappa shape index (κ3) is 7.15. The molecule has 198 valence electrons. The van der Waals surface area contributed by atoms with Gasteiger partial charge in [0.15, 0.2) is 5.78 Å². The molecule has 4 rings (SSSR count). The zero-order valence-corrected chi connectivity index (χ0v) is 22.1. The van der Waals surface area contributed by atoms with Gasteiger partial charge in [0, 0.05) is 68.8 Å². The molecule has 0 aliphatic carbocycles. The van der Waals surface area contributed by atoms with Crippen LogP contribution in [0.4, 0.5) is 0 Å². The first-order chi connectivity index (χ1) is 17.9. The molecule has 2 saturated heterocycles. The van der Waals surface area contributed by atoms with E-state index >= 15 is 0 Å². The number of nitrogens with one attached hydrogen (secondary N) is 1. The lowest BCUT2D eigenvalue weighted by Crippen LogP contribution is -2.38. The number of thiazole rings is 1. The highest BCUT2D eigenvalue weighted by atomic mass is 32.1. The largest absolute Gasteiger partial charge is 0.497 e. The van der Waals surface area contributed by atoms with Gasteiger partial charge in [-0.15, -0.1) is 11.3 Å². The second-order valence-corrected chi connectivity index (χ2v) is 10.4.